The summed E-state index contributed by atoms with van der Waals surface area (Å²) >= 11 is 0. The van der Waals surface area contributed by atoms with Gasteiger partial charge in [-0.3, -0.25) is 0 Å². The van der Waals surface area contributed by atoms with Gasteiger partial charge in [0.15, 0.2) is 0 Å². The van der Waals surface area contributed by atoms with Gasteiger partial charge in [0.25, 0.3) is 0 Å². The van der Waals surface area contributed by atoms with Crippen molar-refractivity contribution < 1.29 is 0 Å². The second kappa shape index (κ2) is 5.80. The lowest BCUT2D eigenvalue weighted by Crippen LogP contribution is -2.05. The highest BCUT2D eigenvalue weighted by atomic mass is 14.8. The fourth-order valence-electron chi connectivity index (χ4n) is 2.97. The lowest BCUT2D eigenvalue weighted by atomic mass is 9.86. The molecule has 0 heterocycles. The minimum Gasteiger partial charge on any atom is -0.316 e. The maximum absolute atomic E-state index is 3.22. The van der Waals surface area contributed by atoms with Gasteiger partial charge >= 0.3 is 0 Å². The maximum Gasteiger partial charge on any atom is 0.0202 e. The predicted molar refractivity (Wildman–Crippen MR) is 88.3 cm³/mol. The van der Waals surface area contributed by atoms with Crippen molar-refractivity contribution in [1.82, 2.24) is 5.32 Å². The molecule has 2 aromatic carbocycles. The molecule has 1 nitrogen and oxygen atoms in total. The van der Waals surface area contributed by atoms with Crippen molar-refractivity contribution in [3.63, 3.8) is 0 Å². The molecule has 1 N–H and O–H groups in total. The van der Waals surface area contributed by atoms with Crippen LogP contribution in [0.15, 0.2) is 24.3 Å². The lowest BCUT2D eigenvalue weighted by Gasteiger charge is -2.19. The second-order valence-corrected chi connectivity index (χ2v) is 5.73. The minimum atomic E-state index is 0.912. The van der Waals surface area contributed by atoms with Gasteiger partial charge in [0.1, 0.15) is 0 Å². The van der Waals surface area contributed by atoms with Crippen LogP contribution in [0.25, 0.3) is 11.1 Å². The molecule has 2 aromatic rings. The fourth-order valence-corrected chi connectivity index (χ4v) is 2.97. The van der Waals surface area contributed by atoms with E-state index in [4.69, 9.17) is 0 Å². The van der Waals surface area contributed by atoms with Crippen LogP contribution >= 0.6 is 0 Å². The number of benzene rings is 2. The van der Waals surface area contributed by atoms with Gasteiger partial charge in [0.2, 0.25) is 0 Å². The van der Waals surface area contributed by atoms with Crippen molar-refractivity contribution in [2.45, 2.75) is 41.2 Å². The van der Waals surface area contributed by atoms with Gasteiger partial charge in [0, 0.05) is 6.54 Å². The number of nitrogens with one attached hydrogen (secondary N) is 1. The molecule has 0 saturated heterocycles. The van der Waals surface area contributed by atoms with E-state index in [1.54, 1.807) is 0 Å². The molecule has 0 saturated carbocycles. The topological polar surface area (TPSA) is 12.0 Å². The van der Waals surface area contributed by atoms with E-state index in [9.17, 15) is 0 Å². The summed E-state index contributed by atoms with van der Waals surface area (Å²) in [5, 5.41) is 3.22. The summed E-state index contributed by atoms with van der Waals surface area (Å²) in [6, 6.07) is 8.87. The molecule has 20 heavy (non-hydrogen) atoms. The molecule has 106 valence electrons. The Kier molecular flexibility index (Phi) is 4.29. The van der Waals surface area contributed by atoms with Crippen LogP contribution in [0.2, 0.25) is 0 Å². The summed E-state index contributed by atoms with van der Waals surface area (Å²) in [5.41, 5.74) is 11.2. The van der Waals surface area contributed by atoms with Crippen LogP contribution in [-0.2, 0) is 6.54 Å². The Morgan fingerprint density at radius 2 is 1.35 bits per heavy atom. The van der Waals surface area contributed by atoms with Crippen LogP contribution in [0.4, 0.5) is 0 Å². The first-order chi connectivity index (χ1) is 9.47. The van der Waals surface area contributed by atoms with Gasteiger partial charge in [-0.15, -0.1) is 0 Å². The summed E-state index contributed by atoms with van der Waals surface area (Å²) < 4.78 is 0. The third kappa shape index (κ3) is 2.51. The molecule has 0 bridgehead atoms. The van der Waals surface area contributed by atoms with Gasteiger partial charge in [-0.25, -0.2) is 0 Å². The summed E-state index contributed by atoms with van der Waals surface area (Å²) in [7, 11) is 1.99. The highest BCUT2D eigenvalue weighted by Gasteiger charge is 2.13. The van der Waals surface area contributed by atoms with Crippen molar-refractivity contribution in [1.29, 1.82) is 0 Å². The van der Waals surface area contributed by atoms with E-state index in [0.29, 0.717) is 0 Å². The van der Waals surface area contributed by atoms with Gasteiger partial charge in [-0.05, 0) is 92.2 Å². The van der Waals surface area contributed by atoms with E-state index in [2.05, 4.69) is 64.2 Å². The Morgan fingerprint density at radius 1 is 0.800 bits per heavy atom. The number of hydrogen-bond acceptors (Lipinski definition) is 1. The minimum absolute atomic E-state index is 0.912. The molecule has 0 spiro atoms. The zero-order chi connectivity index (χ0) is 14.9. The van der Waals surface area contributed by atoms with E-state index < -0.39 is 0 Å². The van der Waals surface area contributed by atoms with Crippen LogP contribution < -0.4 is 5.32 Å². The van der Waals surface area contributed by atoms with E-state index in [0.717, 1.165) is 6.54 Å². The molecule has 2 rings (SSSR count). The smallest absolute Gasteiger partial charge is 0.0202 e. The summed E-state index contributed by atoms with van der Waals surface area (Å²) in [4.78, 5) is 0. The average Bonchev–Trinajstić information content (AvgIpc) is 2.44. The van der Waals surface area contributed by atoms with Crippen LogP contribution in [0.5, 0.6) is 0 Å². The summed E-state index contributed by atoms with van der Waals surface area (Å²) in [6.45, 7) is 12.1. The van der Waals surface area contributed by atoms with Gasteiger partial charge in [0.05, 0.1) is 0 Å². The van der Waals surface area contributed by atoms with Crippen molar-refractivity contribution in [2.75, 3.05) is 7.05 Å². The van der Waals surface area contributed by atoms with E-state index in [-0.39, 0.29) is 0 Å². The zero-order valence-electron chi connectivity index (χ0n) is 13.5. The summed E-state index contributed by atoms with van der Waals surface area (Å²) in [6.07, 6.45) is 0. The van der Waals surface area contributed by atoms with Crippen LogP contribution in [0, 0.1) is 34.6 Å². The van der Waals surface area contributed by atoms with Crippen molar-refractivity contribution in [2.24, 2.45) is 0 Å². The van der Waals surface area contributed by atoms with Crippen LogP contribution in [0.1, 0.15) is 33.4 Å². The van der Waals surface area contributed by atoms with Gasteiger partial charge in [-0.1, -0.05) is 18.2 Å². The highest BCUT2D eigenvalue weighted by molar-refractivity contribution is 5.75. The Morgan fingerprint density at radius 3 is 1.90 bits per heavy atom. The first kappa shape index (κ1) is 14.8. The third-order valence-corrected chi connectivity index (χ3v) is 4.60. The van der Waals surface area contributed by atoms with Crippen molar-refractivity contribution >= 4 is 0 Å². The first-order valence-electron chi connectivity index (χ1n) is 7.28. The predicted octanol–water partition coefficient (Wildman–Crippen LogP) is 4.62. The molecule has 0 aliphatic rings. The average molecular weight is 267 g/mol. The van der Waals surface area contributed by atoms with Crippen molar-refractivity contribution in [3.8, 4) is 11.1 Å². The standard InChI is InChI=1S/C19H25N/c1-12-13(2)15(4)19(16(5)14(12)3)18-9-7-8-17(10-18)11-20-6/h7-10,20H,11H2,1-6H3. The molecular formula is C19H25N. The molecule has 1 heteroatoms. The molecule has 0 radical (unpaired) electrons. The monoisotopic (exact) mass is 267 g/mol. The van der Waals surface area contributed by atoms with E-state index in [1.807, 2.05) is 7.05 Å². The molecule has 0 aliphatic carbocycles. The molecule has 0 aliphatic heterocycles. The maximum atomic E-state index is 3.22. The van der Waals surface area contributed by atoms with Crippen molar-refractivity contribution in [3.05, 3.63) is 57.6 Å². The second-order valence-electron chi connectivity index (χ2n) is 5.73. The number of hydrogen-bond donors (Lipinski definition) is 1. The molecule has 0 fully saturated rings. The van der Waals surface area contributed by atoms with Crippen LogP contribution in [0.3, 0.4) is 0 Å². The Balaban J connectivity index is 2.67. The SMILES string of the molecule is CNCc1cccc(-c2c(C)c(C)c(C)c(C)c2C)c1. The normalized spacial score (nSPS) is 10.9. The number of rotatable bonds is 3. The van der Waals surface area contributed by atoms with Gasteiger partial charge < -0.3 is 5.32 Å². The largest absolute Gasteiger partial charge is 0.316 e. The van der Waals surface area contributed by atoms with Crippen LogP contribution in [-0.4, -0.2) is 7.05 Å². The van der Waals surface area contributed by atoms with Gasteiger partial charge in [-0.2, -0.15) is 0 Å². The Hall–Kier alpha value is -1.60. The molecular weight excluding hydrogens is 242 g/mol. The zero-order valence-corrected chi connectivity index (χ0v) is 13.5. The molecule has 0 unspecified atom stereocenters. The lowest BCUT2D eigenvalue weighted by molar-refractivity contribution is 0.818. The first-order valence-corrected chi connectivity index (χ1v) is 7.28. The summed E-state index contributed by atoms with van der Waals surface area (Å²) in [5.74, 6) is 0. The third-order valence-electron chi connectivity index (χ3n) is 4.60. The quantitative estimate of drug-likeness (QED) is 0.856. The van der Waals surface area contributed by atoms with E-state index in [1.165, 1.54) is 44.5 Å². The van der Waals surface area contributed by atoms with E-state index >= 15 is 0 Å². The molecule has 0 amide bonds. The molecule has 0 atom stereocenters. The Bertz CT molecular complexity index is 609. The fraction of sp³-hybridized carbons (Fsp3) is 0.368. The molecule has 0 aromatic heterocycles. The highest BCUT2D eigenvalue weighted by Crippen LogP contribution is 2.34. The Labute approximate surface area is 123 Å².